The van der Waals surface area contributed by atoms with Crippen molar-refractivity contribution in [2.75, 3.05) is 0 Å². The standard InChI is InChI=1S/C6H5BrF3NOS/c1-5(12,6(8,9)10)4-11-2-3(7)13-4/h2,12H,1H3. The molecule has 0 saturated heterocycles. The first-order chi connectivity index (χ1) is 5.75. The van der Waals surface area contributed by atoms with Gasteiger partial charge in [0.15, 0.2) is 0 Å². The number of aromatic nitrogens is 1. The highest BCUT2D eigenvalue weighted by molar-refractivity contribution is 9.11. The largest absolute Gasteiger partial charge is 0.423 e. The quantitative estimate of drug-likeness (QED) is 0.855. The minimum absolute atomic E-state index is 0.369. The van der Waals surface area contributed by atoms with E-state index in [0.29, 0.717) is 10.7 Å². The third-order valence-corrected chi connectivity index (χ3v) is 3.13. The van der Waals surface area contributed by atoms with Gasteiger partial charge in [-0.05, 0) is 22.9 Å². The maximum absolute atomic E-state index is 12.2. The van der Waals surface area contributed by atoms with Crippen LogP contribution in [-0.4, -0.2) is 16.3 Å². The second-order valence-corrected chi connectivity index (χ2v) is 4.95. The third-order valence-electron chi connectivity index (χ3n) is 1.45. The van der Waals surface area contributed by atoms with Crippen LogP contribution in [-0.2, 0) is 5.60 Å². The normalized spacial score (nSPS) is 17.1. The van der Waals surface area contributed by atoms with Crippen molar-refractivity contribution in [2.45, 2.75) is 18.7 Å². The minimum Gasteiger partial charge on any atom is -0.375 e. The number of hydrogen-bond acceptors (Lipinski definition) is 3. The number of nitrogens with zero attached hydrogens (tertiary/aromatic N) is 1. The number of hydrogen-bond donors (Lipinski definition) is 1. The summed E-state index contributed by atoms with van der Waals surface area (Å²) in [5, 5.41) is 8.77. The zero-order chi connectivity index (χ0) is 10.3. The van der Waals surface area contributed by atoms with Gasteiger partial charge in [-0.2, -0.15) is 13.2 Å². The van der Waals surface area contributed by atoms with Gasteiger partial charge < -0.3 is 5.11 Å². The topological polar surface area (TPSA) is 33.1 Å². The Morgan fingerprint density at radius 2 is 2.08 bits per heavy atom. The summed E-state index contributed by atoms with van der Waals surface area (Å²) in [6.45, 7) is 0.679. The molecular formula is C6H5BrF3NOS. The van der Waals surface area contributed by atoms with Gasteiger partial charge in [0.1, 0.15) is 5.01 Å². The monoisotopic (exact) mass is 275 g/mol. The number of aliphatic hydroxyl groups is 1. The highest BCUT2D eigenvalue weighted by Gasteiger charge is 2.53. The molecule has 7 heteroatoms. The van der Waals surface area contributed by atoms with Crippen molar-refractivity contribution >= 4 is 27.3 Å². The SMILES string of the molecule is CC(O)(c1ncc(Br)s1)C(F)(F)F. The number of halogens is 4. The van der Waals surface area contributed by atoms with E-state index >= 15 is 0 Å². The van der Waals surface area contributed by atoms with Gasteiger partial charge in [-0.25, -0.2) is 4.98 Å². The third kappa shape index (κ3) is 2.03. The van der Waals surface area contributed by atoms with Crippen molar-refractivity contribution in [3.63, 3.8) is 0 Å². The van der Waals surface area contributed by atoms with E-state index in [2.05, 4.69) is 20.9 Å². The Morgan fingerprint density at radius 1 is 1.54 bits per heavy atom. The Balaban J connectivity index is 3.07. The van der Waals surface area contributed by atoms with E-state index in [1.165, 1.54) is 6.20 Å². The molecule has 1 N–H and O–H groups in total. The van der Waals surface area contributed by atoms with Crippen LogP contribution in [0.25, 0.3) is 0 Å². The predicted molar refractivity (Wildman–Crippen MR) is 45.4 cm³/mol. The molecule has 0 bridgehead atoms. The smallest absolute Gasteiger partial charge is 0.375 e. The molecule has 1 aromatic heterocycles. The highest BCUT2D eigenvalue weighted by Crippen LogP contribution is 2.40. The molecule has 1 rings (SSSR count). The van der Waals surface area contributed by atoms with Gasteiger partial charge in [-0.1, -0.05) is 0 Å². The Hall–Kier alpha value is -0.140. The molecule has 0 saturated carbocycles. The molecule has 0 aliphatic rings. The van der Waals surface area contributed by atoms with E-state index in [4.69, 9.17) is 5.11 Å². The van der Waals surface area contributed by atoms with E-state index < -0.39 is 11.8 Å². The van der Waals surface area contributed by atoms with Gasteiger partial charge >= 0.3 is 6.18 Å². The summed E-state index contributed by atoms with van der Waals surface area (Å²) >= 11 is 3.73. The Bertz CT molecular complexity index is 309. The first-order valence-corrected chi connectivity index (χ1v) is 4.77. The summed E-state index contributed by atoms with van der Waals surface area (Å²) in [6.07, 6.45) is -3.48. The van der Waals surface area contributed by atoms with Crippen molar-refractivity contribution in [2.24, 2.45) is 0 Å². The molecule has 1 aromatic rings. The lowest BCUT2D eigenvalue weighted by Gasteiger charge is -2.23. The number of thiazole rings is 1. The molecular weight excluding hydrogens is 271 g/mol. The van der Waals surface area contributed by atoms with Crippen molar-refractivity contribution < 1.29 is 18.3 Å². The van der Waals surface area contributed by atoms with E-state index in [1.54, 1.807) is 0 Å². The molecule has 0 radical (unpaired) electrons. The van der Waals surface area contributed by atoms with Crippen molar-refractivity contribution in [1.29, 1.82) is 0 Å². The number of rotatable bonds is 1. The molecule has 1 atom stereocenters. The van der Waals surface area contributed by atoms with Crippen LogP contribution in [0.2, 0.25) is 0 Å². The molecule has 0 aromatic carbocycles. The molecule has 74 valence electrons. The summed E-state index contributed by atoms with van der Waals surface area (Å²) in [4.78, 5) is 3.46. The van der Waals surface area contributed by atoms with Crippen LogP contribution < -0.4 is 0 Å². The van der Waals surface area contributed by atoms with Crippen molar-refractivity contribution in [3.8, 4) is 0 Å². The van der Waals surface area contributed by atoms with Crippen LogP contribution in [0, 0.1) is 0 Å². The van der Waals surface area contributed by atoms with E-state index in [1.807, 2.05) is 0 Å². The van der Waals surface area contributed by atoms with E-state index in [-0.39, 0.29) is 5.01 Å². The molecule has 0 aliphatic heterocycles. The average molecular weight is 276 g/mol. The fourth-order valence-electron chi connectivity index (χ4n) is 0.601. The summed E-state index contributed by atoms with van der Waals surface area (Å²) in [5.41, 5.74) is -2.87. The first-order valence-electron chi connectivity index (χ1n) is 3.16. The van der Waals surface area contributed by atoms with Gasteiger partial charge in [0.25, 0.3) is 0 Å². The molecule has 0 fully saturated rings. The maximum atomic E-state index is 12.2. The van der Waals surface area contributed by atoms with E-state index in [9.17, 15) is 13.2 Å². The van der Waals surface area contributed by atoms with Crippen LogP contribution in [0.3, 0.4) is 0 Å². The van der Waals surface area contributed by atoms with Crippen LogP contribution in [0.4, 0.5) is 13.2 Å². The molecule has 2 nitrogen and oxygen atoms in total. The molecule has 13 heavy (non-hydrogen) atoms. The van der Waals surface area contributed by atoms with Gasteiger partial charge in [0.2, 0.25) is 5.60 Å². The molecule has 0 aliphatic carbocycles. The van der Waals surface area contributed by atoms with Crippen molar-refractivity contribution in [3.05, 3.63) is 15.0 Å². The van der Waals surface area contributed by atoms with Gasteiger partial charge in [-0.15, -0.1) is 11.3 Å². The lowest BCUT2D eigenvalue weighted by atomic mass is 10.1. The predicted octanol–water partition coefficient (Wildman–Crippen LogP) is 2.68. The van der Waals surface area contributed by atoms with Gasteiger partial charge in [-0.3, -0.25) is 0 Å². The van der Waals surface area contributed by atoms with Gasteiger partial charge in [0, 0.05) is 0 Å². The highest BCUT2D eigenvalue weighted by atomic mass is 79.9. The zero-order valence-corrected chi connectivity index (χ0v) is 8.79. The Labute approximate surface area is 84.5 Å². The number of alkyl halides is 3. The van der Waals surface area contributed by atoms with Crippen LogP contribution >= 0.6 is 27.3 Å². The molecule has 0 amide bonds. The Morgan fingerprint density at radius 3 is 2.38 bits per heavy atom. The second-order valence-electron chi connectivity index (χ2n) is 2.54. The summed E-state index contributed by atoms with van der Waals surface area (Å²) in [7, 11) is 0. The van der Waals surface area contributed by atoms with E-state index in [0.717, 1.165) is 11.3 Å². The van der Waals surface area contributed by atoms with Crippen LogP contribution in [0.5, 0.6) is 0 Å². The fraction of sp³-hybridized carbons (Fsp3) is 0.500. The Kier molecular flexibility index (Phi) is 2.70. The summed E-state index contributed by atoms with van der Waals surface area (Å²) in [6, 6.07) is 0. The molecule has 1 heterocycles. The lowest BCUT2D eigenvalue weighted by Crippen LogP contribution is -2.39. The molecule has 0 spiro atoms. The first kappa shape index (κ1) is 10.9. The zero-order valence-electron chi connectivity index (χ0n) is 6.39. The maximum Gasteiger partial charge on any atom is 0.423 e. The summed E-state index contributed by atoms with van der Waals surface area (Å²) < 4.78 is 37.1. The van der Waals surface area contributed by atoms with Crippen LogP contribution in [0.1, 0.15) is 11.9 Å². The fourth-order valence-corrected chi connectivity index (χ4v) is 1.87. The second kappa shape index (κ2) is 3.21. The van der Waals surface area contributed by atoms with Crippen LogP contribution in [0.15, 0.2) is 9.98 Å². The minimum atomic E-state index is -4.70. The van der Waals surface area contributed by atoms with Gasteiger partial charge in [0.05, 0.1) is 9.98 Å². The average Bonchev–Trinajstić information content (AvgIpc) is 2.33. The summed E-state index contributed by atoms with van der Waals surface area (Å²) in [5.74, 6) is 0. The lowest BCUT2D eigenvalue weighted by molar-refractivity contribution is -0.258. The molecule has 1 unspecified atom stereocenters. The van der Waals surface area contributed by atoms with Crippen molar-refractivity contribution in [1.82, 2.24) is 4.98 Å².